The van der Waals surface area contributed by atoms with Gasteiger partial charge in [0.2, 0.25) is 0 Å². The Labute approximate surface area is 102 Å². The molecule has 1 N–H and O–H groups in total. The minimum atomic E-state index is -0.177. The van der Waals surface area contributed by atoms with Gasteiger partial charge in [-0.15, -0.1) is 0 Å². The number of hydrogen-bond donors (Lipinski definition) is 1. The van der Waals surface area contributed by atoms with Crippen LogP contribution in [0.2, 0.25) is 0 Å². The number of nitrogens with one attached hydrogen (secondary N) is 1. The van der Waals surface area contributed by atoms with Gasteiger partial charge in [0.05, 0.1) is 11.5 Å². The summed E-state index contributed by atoms with van der Waals surface area (Å²) in [4.78, 5) is 0. The van der Waals surface area contributed by atoms with Crippen molar-refractivity contribution in [2.24, 2.45) is 5.92 Å². The molecule has 0 bridgehead atoms. The molecule has 0 spiro atoms. The van der Waals surface area contributed by atoms with Crippen molar-refractivity contribution in [3.8, 4) is 17.9 Å². The van der Waals surface area contributed by atoms with Gasteiger partial charge in [0.1, 0.15) is 0 Å². The van der Waals surface area contributed by atoms with E-state index in [0.717, 1.165) is 37.1 Å². The Bertz CT molecular complexity index is 517. The molecule has 0 radical (unpaired) electrons. The molecule has 2 heteroatoms. The van der Waals surface area contributed by atoms with E-state index >= 15 is 0 Å². The van der Waals surface area contributed by atoms with Crippen molar-refractivity contribution in [3.63, 3.8) is 0 Å². The van der Waals surface area contributed by atoms with E-state index in [4.69, 9.17) is 5.26 Å². The first-order valence-electron chi connectivity index (χ1n) is 6.06. The molecule has 2 aliphatic rings. The van der Waals surface area contributed by atoms with Crippen molar-refractivity contribution in [1.29, 1.82) is 5.26 Å². The Hall–Kier alpha value is -1.77. The van der Waals surface area contributed by atoms with E-state index in [2.05, 4.69) is 35.4 Å². The zero-order valence-corrected chi connectivity index (χ0v) is 9.66. The van der Waals surface area contributed by atoms with Crippen LogP contribution in [0.3, 0.4) is 0 Å². The van der Waals surface area contributed by atoms with Gasteiger partial charge in [-0.25, -0.2) is 0 Å². The van der Waals surface area contributed by atoms with Crippen molar-refractivity contribution >= 4 is 0 Å². The van der Waals surface area contributed by atoms with Gasteiger partial charge in [-0.1, -0.05) is 24.0 Å². The highest BCUT2D eigenvalue weighted by atomic mass is 14.9. The second-order valence-electron chi connectivity index (χ2n) is 4.90. The Morgan fingerprint density at radius 3 is 2.35 bits per heavy atom. The molecule has 0 amide bonds. The van der Waals surface area contributed by atoms with E-state index in [1.807, 2.05) is 12.1 Å². The average molecular weight is 222 g/mol. The van der Waals surface area contributed by atoms with E-state index < -0.39 is 0 Å². The van der Waals surface area contributed by atoms with Crippen LogP contribution >= 0.6 is 0 Å². The predicted octanol–water partition coefficient (Wildman–Crippen LogP) is 1.81. The summed E-state index contributed by atoms with van der Waals surface area (Å²) in [5.41, 5.74) is 2.02. The zero-order valence-electron chi connectivity index (χ0n) is 9.66. The lowest BCUT2D eigenvalue weighted by atomic mass is 9.96. The lowest BCUT2D eigenvalue weighted by Gasteiger charge is -2.21. The highest BCUT2D eigenvalue weighted by molar-refractivity contribution is 5.44. The largest absolute Gasteiger partial charge is 0.314 e. The molecule has 1 saturated carbocycles. The standard InChI is InChI=1S/C15H14N2/c16-11-15(7-8-15)14-5-3-12(4-6-14)1-2-13-9-17-10-13/h3-6,13,17H,7-10H2. The Kier molecular flexibility index (Phi) is 2.39. The fraction of sp³-hybridized carbons (Fsp3) is 0.400. The van der Waals surface area contributed by atoms with Crippen molar-refractivity contribution in [3.05, 3.63) is 35.4 Å². The molecule has 1 heterocycles. The molecule has 2 fully saturated rings. The molecule has 17 heavy (non-hydrogen) atoms. The van der Waals surface area contributed by atoms with Gasteiger partial charge in [-0.2, -0.15) is 5.26 Å². The van der Waals surface area contributed by atoms with E-state index in [9.17, 15) is 0 Å². The fourth-order valence-corrected chi connectivity index (χ4v) is 2.04. The molecular formula is C15H14N2. The first kappa shape index (κ1) is 10.4. The summed E-state index contributed by atoms with van der Waals surface area (Å²) in [6.07, 6.45) is 2.00. The third kappa shape index (κ3) is 1.93. The summed E-state index contributed by atoms with van der Waals surface area (Å²) >= 11 is 0. The quantitative estimate of drug-likeness (QED) is 0.736. The fourth-order valence-electron chi connectivity index (χ4n) is 2.04. The third-order valence-corrected chi connectivity index (χ3v) is 3.60. The number of hydrogen-bond acceptors (Lipinski definition) is 2. The van der Waals surface area contributed by atoms with Crippen LogP contribution in [-0.4, -0.2) is 13.1 Å². The molecule has 0 unspecified atom stereocenters. The van der Waals surface area contributed by atoms with Crippen LogP contribution in [0.1, 0.15) is 24.0 Å². The van der Waals surface area contributed by atoms with Gasteiger partial charge >= 0.3 is 0 Å². The first-order valence-corrected chi connectivity index (χ1v) is 6.06. The number of benzene rings is 1. The average Bonchev–Trinajstić information content (AvgIpc) is 3.09. The molecular weight excluding hydrogens is 208 g/mol. The van der Waals surface area contributed by atoms with Gasteiger partial charge in [0.25, 0.3) is 0 Å². The van der Waals surface area contributed by atoms with Gasteiger partial charge in [0.15, 0.2) is 0 Å². The summed E-state index contributed by atoms with van der Waals surface area (Å²) in [7, 11) is 0. The first-order chi connectivity index (χ1) is 8.32. The Morgan fingerprint density at radius 2 is 1.88 bits per heavy atom. The molecule has 0 aromatic heterocycles. The summed E-state index contributed by atoms with van der Waals surface area (Å²) in [5, 5.41) is 12.3. The van der Waals surface area contributed by atoms with Crippen molar-refractivity contribution in [1.82, 2.24) is 5.32 Å². The van der Waals surface area contributed by atoms with E-state index in [-0.39, 0.29) is 5.41 Å². The van der Waals surface area contributed by atoms with Crippen LogP contribution in [0.4, 0.5) is 0 Å². The molecule has 1 aromatic carbocycles. The predicted molar refractivity (Wildman–Crippen MR) is 66.2 cm³/mol. The van der Waals surface area contributed by atoms with E-state index in [1.54, 1.807) is 0 Å². The number of nitrogens with zero attached hydrogens (tertiary/aromatic N) is 1. The van der Waals surface area contributed by atoms with Gasteiger partial charge in [0, 0.05) is 24.6 Å². The van der Waals surface area contributed by atoms with Crippen molar-refractivity contribution < 1.29 is 0 Å². The molecule has 1 aliphatic carbocycles. The summed E-state index contributed by atoms with van der Waals surface area (Å²) in [6, 6.07) is 10.6. The van der Waals surface area contributed by atoms with Crippen LogP contribution in [0.15, 0.2) is 24.3 Å². The van der Waals surface area contributed by atoms with Gasteiger partial charge in [-0.05, 0) is 30.5 Å². The molecule has 2 nitrogen and oxygen atoms in total. The van der Waals surface area contributed by atoms with Crippen LogP contribution in [0, 0.1) is 29.1 Å². The molecule has 1 saturated heterocycles. The van der Waals surface area contributed by atoms with E-state index in [1.165, 1.54) is 0 Å². The lowest BCUT2D eigenvalue weighted by molar-refractivity contribution is 0.432. The Balaban J connectivity index is 1.75. The molecule has 0 atom stereocenters. The lowest BCUT2D eigenvalue weighted by Crippen LogP contribution is -2.40. The van der Waals surface area contributed by atoms with Crippen LogP contribution < -0.4 is 5.32 Å². The molecule has 1 aromatic rings. The summed E-state index contributed by atoms with van der Waals surface area (Å²) in [5.74, 6) is 6.95. The minimum Gasteiger partial charge on any atom is -0.314 e. The maximum atomic E-state index is 9.11. The third-order valence-electron chi connectivity index (χ3n) is 3.60. The maximum absolute atomic E-state index is 9.11. The molecule has 3 rings (SSSR count). The zero-order chi connectivity index (χ0) is 11.7. The van der Waals surface area contributed by atoms with Gasteiger partial charge < -0.3 is 5.32 Å². The second kappa shape index (κ2) is 3.91. The second-order valence-corrected chi connectivity index (χ2v) is 4.90. The molecule has 84 valence electrons. The van der Waals surface area contributed by atoms with Crippen LogP contribution in [0.25, 0.3) is 0 Å². The number of nitriles is 1. The van der Waals surface area contributed by atoms with Crippen LogP contribution in [-0.2, 0) is 5.41 Å². The highest BCUT2D eigenvalue weighted by Crippen LogP contribution is 2.47. The summed E-state index contributed by atoms with van der Waals surface area (Å²) < 4.78 is 0. The van der Waals surface area contributed by atoms with Crippen LogP contribution in [0.5, 0.6) is 0 Å². The number of rotatable bonds is 1. The maximum Gasteiger partial charge on any atom is 0.0823 e. The van der Waals surface area contributed by atoms with Crippen molar-refractivity contribution in [2.75, 3.05) is 13.1 Å². The monoisotopic (exact) mass is 222 g/mol. The normalized spacial score (nSPS) is 20.6. The SMILES string of the molecule is N#CC1(c2ccc(C#CC3CNC3)cc2)CC1. The highest BCUT2D eigenvalue weighted by Gasteiger charge is 2.44. The van der Waals surface area contributed by atoms with E-state index in [0.29, 0.717) is 5.92 Å². The van der Waals surface area contributed by atoms with Crippen molar-refractivity contribution in [2.45, 2.75) is 18.3 Å². The van der Waals surface area contributed by atoms with Gasteiger partial charge in [-0.3, -0.25) is 0 Å². The summed E-state index contributed by atoms with van der Waals surface area (Å²) in [6.45, 7) is 2.03. The Morgan fingerprint density at radius 1 is 1.18 bits per heavy atom. The topological polar surface area (TPSA) is 35.8 Å². The molecule has 1 aliphatic heterocycles. The smallest absolute Gasteiger partial charge is 0.0823 e. The minimum absolute atomic E-state index is 0.177.